The predicted molar refractivity (Wildman–Crippen MR) is 63.1 cm³/mol. The van der Waals surface area contributed by atoms with Crippen LogP contribution in [0.4, 0.5) is 21.6 Å². The van der Waals surface area contributed by atoms with E-state index in [0.717, 1.165) is 12.3 Å². The Morgan fingerprint density at radius 1 is 1.26 bits per heavy atom. The summed E-state index contributed by atoms with van der Waals surface area (Å²) in [5.74, 6) is -1.41. The molecule has 96 valence electrons. The predicted octanol–water partition coefficient (Wildman–Crippen LogP) is 3.25. The van der Waals surface area contributed by atoms with Crippen molar-refractivity contribution in [1.29, 1.82) is 0 Å². The van der Waals surface area contributed by atoms with Gasteiger partial charge in [-0.2, -0.15) is 0 Å². The maximum Gasteiger partial charge on any atom is 0.269 e. The van der Waals surface area contributed by atoms with Crippen LogP contribution >= 0.6 is 0 Å². The number of nitro benzene ring substituents is 1. The molecule has 0 saturated heterocycles. The van der Waals surface area contributed by atoms with Crippen molar-refractivity contribution < 1.29 is 14.4 Å². The van der Waals surface area contributed by atoms with Crippen LogP contribution in [0.5, 0.6) is 5.75 Å². The van der Waals surface area contributed by atoms with Gasteiger partial charge in [0.05, 0.1) is 16.8 Å². The molecule has 0 spiro atoms. The average Bonchev–Trinajstić information content (AvgIpc) is 2.38. The third kappa shape index (κ3) is 3.06. The highest BCUT2D eigenvalue weighted by Gasteiger charge is 2.05. The fourth-order valence-electron chi connectivity index (χ4n) is 1.24. The molecule has 0 radical (unpaired) electrons. The number of pyridine rings is 1. The maximum atomic E-state index is 13.3. The fourth-order valence-corrected chi connectivity index (χ4v) is 1.24. The number of halogens is 1. The summed E-state index contributed by atoms with van der Waals surface area (Å²) in [6.07, 6.45) is 1.03. The lowest BCUT2D eigenvalue weighted by Crippen LogP contribution is -1.85. The summed E-state index contributed by atoms with van der Waals surface area (Å²) < 4.78 is 13.3. The highest BCUT2D eigenvalue weighted by Crippen LogP contribution is 2.23. The highest BCUT2D eigenvalue weighted by molar-refractivity contribution is 5.44. The lowest BCUT2D eigenvalue weighted by atomic mass is 10.3. The number of non-ortho nitro benzene ring substituents is 1. The summed E-state index contributed by atoms with van der Waals surface area (Å²) in [6.45, 7) is 0. The molecule has 8 heteroatoms. The molecule has 1 aromatic carbocycles. The number of aromatic nitrogens is 1. The molecule has 0 amide bonds. The van der Waals surface area contributed by atoms with Crippen LogP contribution in [-0.2, 0) is 0 Å². The van der Waals surface area contributed by atoms with Crippen LogP contribution in [0.3, 0.4) is 0 Å². The van der Waals surface area contributed by atoms with E-state index in [1.807, 2.05) is 0 Å². The first-order valence-corrected chi connectivity index (χ1v) is 5.07. The smallest absolute Gasteiger partial charge is 0.269 e. The molecule has 0 saturated carbocycles. The van der Waals surface area contributed by atoms with E-state index in [2.05, 4.69) is 15.2 Å². The third-order valence-electron chi connectivity index (χ3n) is 2.13. The topological polar surface area (TPSA) is 101 Å². The van der Waals surface area contributed by atoms with Crippen molar-refractivity contribution in [2.24, 2.45) is 10.2 Å². The Hall–Kier alpha value is -2.90. The van der Waals surface area contributed by atoms with Gasteiger partial charge in [0, 0.05) is 18.2 Å². The Balaban J connectivity index is 2.20. The molecule has 1 heterocycles. The second-order valence-electron chi connectivity index (χ2n) is 3.47. The first kappa shape index (κ1) is 12.6. The van der Waals surface area contributed by atoms with Gasteiger partial charge in [0.25, 0.3) is 5.69 Å². The van der Waals surface area contributed by atoms with Gasteiger partial charge < -0.3 is 5.11 Å². The normalized spacial score (nSPS) is 10.8. The average molecular weight is 262 g/mol. The largest absolute Gasteiger partial charge is 0.506 e. The molecule has 19 heavy (non-hydrogen) atoms. The van der Waals surface area contributed by atoms with E-state index in [4.69, 9.17) is 5.11 Å². The third-order valence-corrected chi connectivity index (χ3v) is 2.13. The van der Waals surface area contributed by atoms with E-state index in [-0.39, 0.29) is 17.3 Å². The summed E-state index contributed by atoms with van der Waals surface area (Å²) in [5, 5.41) is 26.6. The second-order valence-corrected chi connectivity index (χ2v) is 3.47. The van der Waals surface area contributed by atoms with Crippen molar-refractivity contribution in [3.8, 4) is 5.75 Å². The molecule has 1 aromatic heterocycles. The SMILES string of the molecule is O=[N+]([O-])c1ccc(N=Nc2ncc(O)cc2F)cc1. The quantitative estimate of drug-likeness (QED) is 0.521. The Labute approximate surface area is 106 Å². The number of azo groups is 1. The standard InChI is InChI=1S/C11H7FN4O3/c12-10-5-9(17)6-13-11(10)15-14-7-1-3-8(4-2-7)16(18)19/h1-6,17H. The van der Waals surface area contributed by atoms with Crippen molar-refractivity contribution in [2.45, 2.75) is 0 Å². The summed E-state index contributed by atoms with van der Waals surface area (Å²) in [7, 11) is 0. The number of aromatic hydroxyl groups is 1. The molecule has 0 aliphatic rings. The highest BCUT2D eigenvalue weighted by atomic mass is 19.1. The lowest BCUT2D eigenvalue weighted by molar-refractivity contribution is -0.384. The van der Waals surface area contributed by atoms with Crippen molar-refractivity contribution in [3.63, 3.8) is 0 Å². The first-order valence-electron chi connectivity index (χ1n) is 5.07. The molecule has 0 atom stereocenters. The molecule has 0 fully saturated rings. The minimum Gasteiger partial charge on any atom is -0.506 e. The van der Waals surface area contributed by atoms with Crippen molar-refractivity contribution in [2.75, 3.05) is 0 Å². The molecule has 2 aromatic rings. The van der Waals surface area contributed by atoms with Crippen LogP contribution in [0.15, 0.2) is 46.8 Å². The van der Waals surface area contributed by atoms with Gasteiger partial charge in [0.2, 0.25) is 5.82 Å². The summed E-state index contributed by atoms with van der Waals surface area (Å²) in [5.41, 5.74) is 0.243. The lowest BCUT2D eigenvalue weighted by Gasteiger charge is -1.96. The van der Waals surface area contributed by atoms with Crippen LogP contribution in [0.1, 0.15) is 0 Å². The zero-order chi connectivity index (χ0) is 13.8. The minimum absolute atomic E-state index is 0.0760. The number of hydrogen-bond donors (Lipinski definition) is 1. The van der Waals surface area contributed by atoms with E-state index in [1.54, 1.807) is 0 Å². The molecular formula is C11H7FN4O3. The maximum absolute atomic E-state index is 13.3. The molecule has 2 rings (SSSR count). The summed E-state index contributed by atoms with van der Waals surface area (Å²) >= 11 is 0. The van der Waals surface area contributed by atoms with Crippen molar-refractivity contribution >= 4 is 17.2 Å². The monoisotopic (exact) mass is 262 g/mol. The number of rotatable bonds is 3. The van der Waals surface area contributed by atoms with Gasteiger partial charge in [-0.15, -0.1) is 10.2 Å². The van der Waals surface area contributed by atoms with Gasteiger partial charge in [0.15, 0.2) is 5.82 Å². The van der Waals surface area contributed by atoms with E-state index in [0.29, 0.717) is 5.69 Å². The number of benzene rings is 1. The molecule has 0 bridgehead atoms. The first-order chi connectivity index (χ1) is 9.06. The molecule has 0 unspecified atom stereocenters. The van der Waals surface area contributed by atoms with Crippen molar-refractivity contribution in [1.82, 2.24) is 4.98 Å². The zero-order valence-corrected chi connectivity index (χ0v) is 9.39. The van der Waals surface area contributed by atoms with Gasteiger partial charge >= 0.3 is 0 Å². The van der Waals surface area contributed by atoms with Gasteiger partial charge in [-0.1, -0.05) is 0 Å². The van der Waals surface area contributed by atoms with Gasteiger partial charge in [-0.25, -0.2) is 9.37 Å². The van der Waals surface area contributed by atoms with E-state index in [9.17, 15) is 14.5 Å². The Bertz CT molecular complexity index is 643. The van der Waals surface area contributed by atoms with Gasteiger partial charge in [0.1, 0.15) is 5.75 Å². The number of hydrogen-bond acceptors (Lipinski definition) is 6. The number of nitro groups is 1. The van der Waals surface area contributed by atoms with E-state index >= 15 is 0 Å². The van der Waals surface area contributed by atoms with E-state index in [1.165, 1.54) is 24.3 Å². The molecule has 0 aliphatic heterocycles. The van der Waals surface area contributed by atoms with Crippen LogP contribution in [0.25, 0.3) is 0 Å². The van der Waals surface area contributed by atoms with E-state index < -0.39 is 10.7 Å². The van der Waals surface area contributed by atoms with Gasteiger partial charge in [-0.3, -0.25) is 10.1 Å². The Morgan fingerprint density at radius 3 is 2.53 bits per heavy atom. The van der Waals surface area contributed by atoms with Crippen LogP contribution in [-0.4, -0.2) is 15.0 Å². The van der Waals surface area contributed by atoms with Crippen LogP contribution in [0.2, 0.25) is 0 Å². The number of nitrogens with zero attached hydrogens (tertiary/aromatic N) is 4. The molecular weight excluding hydrogens is 255 g/mol. The van der Waals surface area contributed by atoms with Gasteiger partial charge in [-0.05, 0) is 12.1 Å². The van der Waals surface area contributed by atoms with Crippen LogP contribution < -0.4 is 0 Å². The Morgan fingerprint density at radius 2 is 1.95 bits per heavy atom. The zero-order valence-electron chi connectivity index (χ0n) is 9.39. The fraction of sp³-hybridized carbons (Fsp3) is 0. The summed E-state index contributed by atoms with van der Waals surface area (Å²) in [6, 6.07) is 6.13. The minimum atomic E-state index is -0.814. The summed E-state index contributed by atoms with van der Waals surface area (Å²) in [4.78, 5) is 13.4. The molecule has 0 aliphatic carbocycles. The molecule has 1 N–H and O–H groups in total. The Kier molecular flexibility index (Phi) is 3.42. The van der Waals surface area contributed by atoms with Crippen LogP contribution in [0, 0.1) is 15.9 Å². The second kappa shape index (κ2) is 5.17. The molecule has 7 nitrogen and oxygen atoms in total. The van der Waals surface area contributed by atoms with Crippen molar-refractivity contribution in [3.05, 3.63) is 52.5 Å².